The topological polar surface area (TPSA) is 103 Å². The number of aromatic amines is 1. The lowest BCUT2D eigenvalue weighted by molar-refractivity contribution is -0.128. The van der Waals surface area contributed by atoms with E-state index in [1.165, 1.54) is 0 Å². The van der Waals surface area contributed by atoms with Crippen molar-refractivity contribution in [3.8, 4) is 11.3 Å². The van der Waals surface area contributed by atoms with Gasteiger partial charge in [0.25, 0.3) is 0 Å². The van der Waals surface area contributed by atoms with Crippen LogP contribution in [-0.2, 0) is 4.79 Å². The van der Waals surface area contributed by atoms with E-state index >= 15 is 0 Å². The third kappa shape index (κ3) is 4.09. The maximum absolute atomic E-state index is 11.7. The molecule has 2 N–H and O–H groups in total. The number of H-pyrrole nitrogens is 1. The van der Waals surface area contributed by atoms with Crippen LogP contribution in [0.2, 0.25) is 0 Å². The van der Waals surface area contributed by atoms with Gasteiger partial charge in [0.2, 0.25) is 11.9 Å². The van der Waals surface area contributed by atoms with E-state index in [0.29, 0.717) is 11.6 Å². The van der Waals surface area contributed by atoms with Gasteiger partial charge in [-0.25, -0.2) is 9.97 Å². The summed E-state index contributed by atoms with van der Waals surface area (Å²) in [6, 6.07) is 12.1. The van der Waals surface area contributed by atoms with Crippen molar-refractivity contribution in [3.63, 3.8) is 0 Å². The molecule has 0 spiro atoms. The summed E-state index contributed by atoms with van der Waals surface area (Å²) in [4.78, 5) is 36.7. The van der Waals surface area contributed by atoms with Crippen molar-refractivity contribution in [1.82, 2.24) is 29.8 Å². The SMILES string of the molecule is CC(=O)N1CCCN(c2ccc(-c3nc(Nc4ccncc4)nc4nc[nH]c34)cc2)CC1. The molecule has 0 bridgehead atoms. The third-order valence-corrected chi connectivity index (χ3v) is 5.67. The zero-order chi connectivity index (χ0) is 21.9. The highest BCUT2D eigenvalue weighted by Gasteiger charge is 2.17. The predicted octanol–water partition coefficient (Wildman–Crippen LogP) is 3.22. The Labute approximate surface area is 185 Å². The van der Waals surface area contributed by atoms with Gasteiger partial charge in [0.15, 0.2) is 5.65 Å². The van der Waals surface area contributed by atoms with Crippen molar-refractivity contribution in [2.75, 3.05) is 36.4 Å². The van der Waals surface area contributed by atoms with E-state index in [-0.39, 0.29) is 5.91 Å². The average Bonchev–Trinajstić information content (AvgIpc) is 3.14. The molecule has 32 heavy (non-hydrogen) atoms. The molecule has 1 fully saturated rings. The van der Waals surface area contributed by atoms with Crippen LogP contribution >= 0.6 is 0 Å². The Kier molecular flexibility index (Phi) is 5.37. The Balaban J connectivity index is 1.41. The van der Waals surface area contributed by atoms with Crippen molar-refractivity contribution in [2.24, 2.45) is 0 Å². The van der Waals surface area contributed by atoms with Gasteiger partial charge in [0, 0.05) is 62.4 Å². The summed E-state index contributed by atoms with van der Waals surface area (Å²) >= 11 is 0. The second kappa shape index (κ2) is 8.62. The number of carbonyl (C=O) groups is 1. The minimum atomic E-state index is 0.144. The largest absolute Gasteiger partial charge is 0.370 e. The molecule has 0 aliphatic carbocycles. The Hall–Kier alpha value is -4.01. The Morgan fingerprint density at radius 3 is 2.59 bits per heavy atom. The van der Waals surface area contributed by atoms with Crippen LogP contribution in [0.4, 0.5) is 17.3 Å². The lowest BCUT2D eigenvalue weighted by Gasteiger charge is -2.23. The summed E-state index contributed by atoms with van der Waals surface area (Å²) in [5, 5.41) is 3.22. The molecule has 0 saturated carbocycles. The lowest BCUT2D eigenvalue weighted by atomic mass is 10.1. The molecule has 1 aromatic carbocycles. The molecule has 9 nitrogen and oxygen atoms in total. The van der Waals surface area contributed by atoms with Crippen LogP contribution in [0, 0.1) is 0 Å². The van der Waals surface area contributed by atoms with Gasteiger partial charge in [-0.05, 0) is 30.7 Å². The van der Waals surface area contributed by atoms with Gasteiger partial charge >= 0.3 is 0 Å². The molecule has 1 saturated heterocycles. The number of hydrogen-bond donors (Lipinski definition) is 2. The molecule has 1 aliphatic heterocycles. The summed E-state index contributed by atoms with van der Waals surface area (Å²) in [7, 11) is 0. The zero-order valence-electron chi connectivity index (χ0n) is 17.8. The first-order chi connectivity index (χ1) is 15.7. The van der Waals surface area contributed by atoms with Crippen molar-refractivity contribution in [3.05, 3.63) is 55.1 Å². The van der Waals surface area contributed by atoms with E-state index in [2.05, 4.69) is 54.4 Å². The zero-order valence-corrected chi connectivity index (χ0v) is 17.8. The van der Waals surface area contributed by atoms with Gasteiger partial charge in [-0.15, -0.1) is 0 Å². The van der Waals surface area contributed by atoms with E-state index in [4.69, 9.17) is 4.98 Å². The van der Waals surface area contributed by atoms with Gasteiger partial charge in [-0.2, -0.15) is 4.98 Å². The molecule has 4 aromatic rings. The summed E-state index contributed by atoms with van der Waals surface area (Å²) in [6.07, 6.45) is 6.03. The first kappa shape index (κ1) is 19.9. The maximum atomic E-state index is 11.7. The van der Waals surface area contributed by atoms with Crippen LogP contribution in [0.1, 0.15) is 13.3 Å². The van der Waals surface area contributed by atoms with Crippen LogP contribution in [0.5, 0.6) is 0 Å². The highest BCUT2D eigenvalue weighted by Crippen LogP contribution is 2.28. The van der Waals surface area contributed by atoms with Gasteiger partial charge < -0.3 is 20.1 Å². The Morgan fingerprint density at radius 1 is 1.00 bits per heavy atom. The smallest absolute Gasteiger partial charge is 0.229 e. The molecule has 3 aromatic heterocycles. The van der Waals surface area contributed by atoms with Crippen LogP contribution < -0.4 is 10.2 Å². The third-order valence-electron chi connectivity index (χ3n) is 5.67. The fraction of sp³-hybridized carbons (Fsp3) is 0.261. The molecule has 1 aliphatic rings. The van der Waals surface area contributed by atoms with E-state index < -0.39 is 0 Å². The summed E-state index contributed by atoms with van der Waals surface area (Å²) < 4.78 is 0. The summed E-state index contributed by atoms with van der Waals surface area (Å²) in [5.74, 6) is 0.623. The summed E-state index contributed by atoms with van der Waals surface area (Å²) in [5.41, 5.74) is 5.16. The van der Waals surface area contributed by atoms with Crippen molar-refractivity contribution in [1.29, 1.82) is 0 Å². The molecule has 4 heterocycles. The number of nitrogens with zero attached hydrogens (tertiary/aromatic N) is 6. The van der Waals surface area contributed by atoms with Gasteiger partial charge in [0.1, 0.15) is 11.2 Å². The van der Waals surface area contributed by atoms with Crippen molar-refractivity contribution in [2.45, 2.75) is 13.3 Å². The number of rotatable bonds is 4. The maximum Gasteiger partial charge on any atom is 0.229 e. The van der Waals surface area contributed by atoms with E-state index in [0.717, 1.165) is 60.7 Å². The number of nitrogens with one attached hydrogen (secondary N) is 2. The summed E-state index contributed by atoms with van der Waals surface area (Å²) in [6.45, 7) is 4.97. The number of benzene rings is 1. The molecular formula is C23H24N8O. The minimum absolute atomic E-state index is 0.144. The van der Waals surface area contributed by atoms with Crippen LogP contribution in [0.25, 0.3) is 22.4 Å². The van der Waals surface area contributed by atoms with Crippen LogP contribution in [0.3, 0.4) is 0 Å². The number of aromatic nitrogens is 5. The molecule has 162 valence electrons. The van der Waals surface area contributed by atoms with Gasteiger partial charge in [-0.1, -0.05) is 12.1 Å². The van der Waals surface area contributed by atoms with Crippen molar-refractivity contribution < 1.29 is 4.79 Å². The first-order valence-corrected chi connectivity index (χ1v) is 10.7. The predicted molar refractivity (Wildman–Crippen MR) is 124 cm³/mol. The minimum Gasteiger partial charge on any atom is -0.370 e. The van der Waals surface area contributed by atoms with E-state index in [1.807, 2.05) is 17.0 Å². The molecule has 1 amide bonds. The Bertz CT molecular complexity index is 1220. The average molecular weight is 429 g/mol. The Morgan fingerprint density at radius 2 is 1.81 bits per heavy atom. The number of hydrogen-bond acceptors (Lipinski definition) is 7. The molecular weight excluding hydrogens is 404 g/mol. The number of carbonyl (C=O) groups excluding carboxylic acids is 1. The molecule has 5 rings (SSSR count). The normalized spacial score (nSPS) is 14.4. The van der Waals surface area contributed by atoms with Gasteiger partial charge in [0.05, 0.1) is 6.33 Å². The standard InChI is InChI=1S/C23H24N8O/c1-16(32)30-11-2-12-31(14-13-30)19-5-3-17(4-6-19)20-21-22(26-15-25-21)29-23(28-20)27-18-7-9-24-10-8-18/h3-10,15H,2,11-14H2,1H3,(H2,24,25,26,27,28,29). The number of anilines is 3. The van der Waals surface area contributed by atoms with Gasteiger partial charge in [-0.3, -0.25) is 9.78 Å². The van der Waals surface area contributed by atoms with Crippen molar-refractivity contribution >= 4 is 34.4 Å². The number of fused-ring (bicyclic) bond motifs is 1. The molecule has 0 unspecified atom stereocenters. The fourth-order valence-electron chi connectivity index (χ4n) is 3.98. The quantitative estimate of drug-likeness (QED) is 0.514. The highest BCUT2D eigenvalue weighted by molar-refractivity contribution is 5.88. The molecule has 9 heteroatoms. The first-order valence-electron chi connectivity index (χ1n) is 10.7. The number of imidazole rings is 1. The molecule has 0 radical (unpaired) electrons. The monoisotopic (exact) mass is 428 g/mol. The lowest BCUT2D eigenvalue weighted by Crippen LogP contribution is -2.33. The second-order valence-electron chi connectivity index (χ2n) is 7.75. The van der Waals surface area contributed by atoms with E-state index in [1.54, 1.807) is 25.6 Å². The van der Waals surface area contributed by atoms with E-state index in [9.17, 15) is 4.79 Å². The molecule has 0 atom stereocenters. The second-order valence-corrected chi connectivity index (χ2v) is 7.75. The van der Waals surface area contributed by atoms with Crippen LogP contribution in [-0.4, -0.2) is 61.9 Å². The number of pyridine rings is 1. The van der Waals surface area contributed by atoms with Crippen LogP contribution in [0.15, 0.2) is 55.1 Å². The number of amides is 1. The highest BCUT2D eigenvalue weighted by atomic mass is 16.2. The fourth-order valence-corrected chi connectivity index (χ4v) is 3.98.